The maximum atomic E-state index is 6.13. The van der Waals surface area contributed by atoms with Crippen molar-refractivity contribution in [1.29, 1.82) is 0 Å². The van der Waals surface area contributed by atoms with Gasteiger partial charge in [-0.2, -0.15) is 0 Å². The molecule has 0 aromatic heterocycles. The van der Waals surface area contributed by atoms with Crippen LogP contribution in [0.1, 0.15) is 24.9 Å². The first kappa shape index (κ1) is 12.6. The summed E-state index contributed by atoms with van der Waals surface area (Å²) >= 11 is 9.50. The number of hydrogen-bond donors (Lipinski definition) is 1. The maximum Gasteiger partial charge on any atom is 0.0464 e. The van der Waals surface area contributed by atoms with E-state index < -0.39 is 0 Å². The molecule has 3 heteroatoms. The largest absolute Gasteiger partial charge is 0.309 e. The molecule has 1 rings (SSSR count). The summed E-state index contributed by atoms with van der Waals surface area (Å²) in [5.74, 6) is 2.60. The summed E-state index contributed by atoms with van der Waals surface area (Å²) in [7, 11) is 0. The van der Waals surface area contributed by atoms with E-state index in [4.69, 9.17) is 18.0 Å². The quantitative estimate of drug-likeness (QED) is 0.656. The number of terminal acetylenes is 1. The Morgan fingerprint density at radius 2 is 2.33 bits per heavy atom. The number of nitrogens with one attached hydrogen (secondary N) is 1. The van der Waals surface area contributed by atoms with Crippen LogP contribution >= 0.6 is 27.5 Å². The summed E-state index contributed by atoms with van der Waals surface area (Å²) in [4.78, 5) is 0. The van der Waals surface area contributed by atoms with Crippen LogP contribution in [0.4, 0.5) is 0 Å². The third kappa shape index (κ3) is 3.87. The van der Waals surface area contributed by atoms with Crippen molar-refractivity contribution in [2.24, 2.45) is 0 Å². The molecule has 0 aliphatic heterocycles. The highest BCUT2D eigenvalue weighted by molar-refractivity contribution is 9.10. The predicted octanol–water partition coefficient (Wildman–Crippen LogP) is 3.78. The topological polar surface area (TPSA) is 12.0 Å². The Kier molecular flexibility index (Phi) is 5.17. The SMILES string of the molecule is C#CCCNC(C)c1ccc(Br)cc1Cl. The molecule has 0 bridgehead atoms. The molecule has 1 aromatic carbocycles. The normalized spacial score (nSPS) is 12.1. The first-order valence-electron chi connectivity index (χ1n) is 4.77. The zero-order chi connectivity index (χ0) is 11.3. The van der Waals surface area contributed by atoms with E-state index in [1.165, 1.54) is 0 Å². The first-order valence-corrected chi connectivity index (χ1v) is 5.94. The standard InChI is InChI=1S/C12H13BrClN/c1-3-4-7-15-9(2)11-6-5-10(13)8-12(11)14/h1,5-6,8-9,15H,4,7H2,2H3. The van der Waals surface area contributed by atoms with E-state index in [9.17, 15) is 0 Å². The van der Waals surface area contributed by atoms with E-state index in [0.29, 0.717) is 0 Å². The Balaban J connectivity index is 2.66. The molecule has 0 heterocycles. The second-order valence-corrected chi connectivity index (χ2v) is 4.62. The average molecular weight is 287 g/mol. The molecule has 0 aliphatic carbocycles. The molecule has 0 aliphatic rings. The van der Waals surface area contributed by atoms with Crippen LogP contribution in [0, 0.1) is 12.3 Å². The molecule has 0 amide bonds. The summed E-state index contributed by atoms with van der Waals surface area (Å²) in [5, 5.41) is 4.09. The van der Waals surface area contributed by atoms with Crippen molar-refractivity contribution in [2.45, 2.75) is 19.4 Å². The minimum Gasteiger partial charge on any atom is -0.309 e. The Morgan fingerprint density at radius 3 is 2.93 bits per heavy atom. The van der Waals surface area contributed by atoms with Crippen molar-refractivity contribution in [3.8, 4) is 12.3 Å². The minimum atomic E-state index is 0.221. The molecular weight excluding hydrogens is 273 g/mol. The van der Waals surface area contributed by atoms with Crippen LogP contribution in [0.25, 0.3) is 0 Å². The summed E-state index contributed by atoms with van der Waals surface area (Å²) < 4.78 is 0.993. The van der Waals surface area contributed by atoms with Gasteiger partial charge in [0.2, 0.25) is 0 Å². The van der Waals surface area contributed by atoms with Crippen LogP contribution in [0.5, 0.6) is 0 Å². The fraction of sp³-hybridized carbons (Fsp3) is 0.333. The van der Waals surface area contributed by atoms with Crippen molar-refractivity contribution >= 4 is 27.5 Å². The van der Waals surface area contributed by atoms with Gasteiger partial charge in [0.05, 0.1) is 0 Å². The predicted molar refractivity (Wildman–Crippen MR) is 69.0 cm³/mol. The monoisotopic (exact) mass is 285 g/mol. The van der Waals surface area contributed by atoms with Crippen molar-refractivity contribution < 1.29 is 0 Å². The highest BCUT2D eigenvalue weighted by Gasteiger charge is 2.08. The summed E-state index contributed by atoms with van der Waals surface area (Å²) in [6.45, 7) is 2.88. The van der Waals surface area contributed by atoms with Crippen molar-refractivity contribution in [1.82, 2.24) is 5.32 Å². The first-order chi connectivity index (χ1) is 7.15. The number of hydrogen-bond acceptors (Lipinski definition) is 1. The molecule has 1 N–H and O–H groups in total. The molecule has 1 aromatic rings. The van der Waals surface area contributed by atoms with Crippen molar-refractivity contribution in [2.75, 3.05) is 6.54 Å². The third-order valence-corrected chi connectivity index (χ3v) is 2.97. The van der Waals surface area contributed by atoms with Crippen molar-refractivity contribution in [3.63, 3.8) is 0 Å². The third-order valence-electron chi connectivity index (χ3n) is 2.15. The van der Waals surface area contributed by atoms with Crippen LogP contribution in [-0.4, -0.2) is 6.54 Å². The average Bonchev–Trinajstić information content (AvgIpc) is 2.17. The van der Waals surface area contributed by atoms with E-state index in [1.807, 2.05) is 18.2 Å². The zero-order valence-corrected chi connectivity index (χ0v) is 10.9. The van der Waals surface area contributed by atoms with Gasteiger partial charge in [-0.3, -0.25) is 0 Å². The fourth-order valence-electron chi connectivity index (χ4n) is 1.32. The van der Waals surface area contributed by atoms with Crippen LogP contribution in [0.15, 0.2) is 22.7 Å². The van der Waals surface area contributed by atoms with E-state index in [0.717, 1.165) is 28.0 Å². The maximum absolute atomic E-state index is 6.13. The van der Waals surface area contributed by atoms with Gasteiger partial charge in [0.25, 0.3) is 0 Å². The van der Waals surface area contributed by atoms with Gasteiger partial charge in [0, 0.05) is 28.5 Å². The van der Waals surface area contributed by atoms with Gasteiger partial charge in [0.15, 0.2) is 0 Å². The summed E-state index contributed by atoms with van der Waals surface area (Å²) in [6.07, 6.45) is 5.92. The van der Waals surface area contributed by atoms with Gasteiger partial charge in [-0.05, 0) is 24.6 Å². The van der Waals surface area contributed by atoms with Gasteiger partial charge < -0.3 is 5.32 Å². The second-order valence-electron chi connectivity index (χ2n) is 3.30. The molecule has 80 valence electrons. The van der Waals surface area contributed by atoms with Gasteiger partial charge >= 0.3 is 0 Å². The Hall–Kier alpha value is -0.490. The van der Waals surface area contributed by atoms with Gasteiger partial charge in [0.1, 0.15) is 0 Å². The van der Waals surface area contributed by atoms with Crippen LogP contribution in [0.2, 0.25) is 5.02 Å². The molecule has 0 saturated heterocycles. The highest BCUT2D eigenvalue weighted by Crippen LogP contribution is 2.26. The lowest BCUT2D eigenvalue weighted by atomic mass is 10.1. The molecule has 0 saturated carbocycles. The summed E-state index contributed by atoms with van der Waals surface area (Å²) in [5.41, 5.74) is 1.09. The van der Waals surface area contributed by atoms with Gasteiger partial charge in [-0.1, -0.05) is 33.6 Å². The van der Waals surface area contributed by atoms with E-state index >= 15 is 0 Å². The van der Waals surface area contributed by atoms with Crippen LogP contribution < -0.4 is 5.32 Å². The molecule has 0 radical (unpaired) electrons. The molecule has 15 heavy (non-hydrogen) atoms. The molecule has 1 unspecified atom stereocenters. The molecule has 0 spiro atoms. The van der Waals surface area contributed by atoms with E-state index in [1.54, 1.807) is 0 Å². The second kappa shape index (κ2) is 6.17. The number of rotatable bonds is 4. The van der Waals surface area contributed by atoms with Gasteiger partial charge in [-0.25, -0.2) is 0 Å². The van der Waals surface area contributed by atoms with Gasteiger partial charge in [-0.15, -0.1) is 12.3 Å². The Labute approximate surface area is 104 Å². The van der Waals surface area contributed by atoms with E-state index in [-0.39, 0.29) is 6.04 Å². The molecule has 1 atom stereocenters. The van der Waals surface area contributed by atoms with Crippen LogP contribution in [0.3, 0.4) is 0 Å². The van der Waals surface area contributed by atoms with Crippen LogP contribution in [-0.2, 0) is 0 Å². The van der Waals surface area contributed by atoms with E-state index in [2.05, 4.69) is 34.1 Å². The lowest BCUT2D eigenvalue weighted by molar-refractivity contribution is 0.584. The summed E-state index contributed by atoms with van der Waals surface area (Å²) in [6, 6.07) is 6.12. The van der Waals surface area contributed by atoms with Crippen molar-refractivity contribution in [3.05, 3.63) is 33.3 Å². The zero-order valence-electron chi connectivity index (χ0n) is 8.56. The number of benzene rings is 1. The smallest absolute Gasteiger partial charge is 0.0464 e. The lowest BCUT2D eigenvalue weighted by Gasteiger charge is -2.15. The molecule has 0 fully saturated rings. The fourth-order valence-corrected chi connectivity index (χ4v) is 2.16. The Bertz CT molecular complexity index is 370. The highest BCUT2D eigenvalue weighted by atomic mass is 79.9. The lowest BCUT2D eigenvalue weighted by Crippen LogP contribution is -2.19. The Morgan fingerprint density at radius 1 is 1.60 bits per heavy atom. The molecular formula is C12H13BrClN. The minimum absolute atomic E-state index is 0.221. The molecule has 1 nitrogen and oxygen atoms in total. The number of halogens is 2.